The number of rotatable bonds is 3. The van der Waals surface area contributed by atoms with Gasteiger partial charge in [-0.15, -0.1) is 0 Å². The van der Waals surface area contributed by atoms with Gasteiger partial charge in [-0.3, -0.25) is 4.98 Å². The molecular formula is C12H15N5. The summed E-state index contributed by atoms with van der Waals surface area (Å²) in [6, 6.07) is 6.45. The van der Waals surface area contributed by atoms with Crippen LogP contribution in [0.1, 0.15) is 17.9 Å². The van der Waals surface area contributed by atoms with Gasteiger partial charge in [-0.25, -0.2) is 9.67 Å². The van der Waals surface area contributed by atoms with E-state index >= 15 is 0 Å². The first kappa shape index (κ1) is 10.4. The van der Waals surface area contributed by atoms with Gasteiger partial charge in [0.15, 0.2) is 0 Å². The lowest BCUT2D eigenvalue weighted by atomic mass is 10.1. The summed E-state index contributed by atoms with van der Waals surface area (Å²) in [4.78, 5) is 8.52. The van der Waals surface area contributed by atoms with Crippen LogP contribution < -0.4 is 5.32 Å². The van der Waals surface area contributed by atoms with Gasteiger partial charge in [0.2, 0.25) is 0 Å². The Morgan fingerprint density at radius 3 is 3.24 bits per heavy atom. The largest absolute Gasteiger partial charge is 0.307 e. The maximum atomic E-state index is 4.30. The highest BCUT2D eigenvalue weighted by molar-refractivity contribution is 5.03. The highest BCUT2D eigenvalue weighted by Gasteiger charge is 2.18. The van der Waals surface area contributed by atoms with Crippen molar-refractivity contribution < 1.29 is 0 Å². The molecule has 0 radical (unpaired) electrons. The fourth-order valence-electron chi connectivity index (χ4n) is 2.16. The van der Waals surface area contributed by atoms with Crippen molar-refractivity contribution in [2.75, 3.05) is 0 Å². The summed E-state index contributed by atoms with van der Waals surface area (Å²) in [7, 11) is 0. The van der Waals surface area contributed by atoms with Crippen LogP contribution in [0.3, 0.4) is 0 Å². The Bertz CT molecular complexity index is 479. The van der Waals surface area contributed by atoms with E-state index in [-0.39, 0.29) is 0 Å². The number of nitrogens with one attached hydrogen (secondary N) is 1. The van der Waals surface area contributed by atoms with Crippen LogP contribution in [0.25, 0.3) is 0 Å². The monoisotopic (exact) mass is 229 g/mol. The van der Waals surface area contributed by atoms with Crippen LogP contribution in [-0.2, 0) is 19.5 Å². The standard InChI is InChI=1S/C12H15N5/c1-2-6-13-10(3-1)7-14-11-4-5-12-15-9-16-17(12)8-11/h1-3,6,9,11,14H,4-5,7-8H2/t11-/m0/s1. The molecule has 0 aliphatic carbocycles. The molecule has 0 saturated carbocycles. The van der Waals surface area contributed by atoms with Crippen LogP contribution >= 0.6 is 0 Å². The molecule has 2 aromatic rings. The Kier molecular flexibility index (Phi) is 2.83. The SMILES string of the molecule is c1ccc(CN[C@H]2CCc3ncnn3C2)nc1. The van der Waals surface area contributed by atoms with Crippen molar-refractivity contribution in [1.82, 2.24) is 25.1 Å². The predicted octanol–water partition coefficient (Wildman–Crippen LogP) is 0.778. The molecule has 1 aliphatic heterocycles. The first-order chi connectivity index (χ1) is 8.42. The molecule has 88 valence electrons. The quantitative estimate of drug-likeness (QED) is 0.845. The van der Waals surface area contributed by atoms with E-state index in [0.29, 0.717) is 6.04 Å². The molecule has 1 aliphatic rings. The van der Waals surface area contributed by atoms with E-state index in [2.05, 4.69) is 20.4 Å². The molecular weight excluding hydrogens is 214 g/mol. The predicted molar refractivity (Wildman–Crippen MR) is 63.2 cm³/mol. The van der Waals surface area contributed by atoms with E-state index in [1.54, 1.807) is 6.33 Å². The minimum absolute atomic E-state index is 0.464. The molecule has 0 saturated heterocycles. The number of aromatic nitrogens is 4. The zero-order valence-corrected chi connectivity index (χ0v) is 9.58. The molecule has 0 fully saturated rings. The topological polar surface area (TPSA) is 55.6 Å². The molecule has 0 aromatic carbocycles. The summed E-state index contributed by atoms with van der Waals surface area (Å²) < 4.78 is 1.99. The van der Waals surface area contributed by atoms with Crippen LogP contribution in [-0.4, -0.2) is 25.8 Å². The van der Waals surface area contributed by atoms with Crippen LogP contribution in [0.4, 0.5) is 0 Å². The van der Waals surface area contributed by atoms with Gasteiger partial charge in [0.1, 0.15) is 12.2 Å². The molecule has 2 aromatic heterocycles. The van der Waals surface area contributed by atoms with Crippen molar-refractivity contribution in [3.63, 3.8) is 0 Å². The van der Waals surface area contributed by atoms with Crippen molar-refractivity contribution in [2.45, 2.75) is 32.0 Å². The summed E-state index contributed by atoms with van der Waals surface area (Å²) in [5.41, 5.74) is 1.08. The van der Waals surface area contributed by atoms with Crippen LogP contribution in [0.15, 0.2) is 30.7 Å². The molecule has 0 amide bonds. The van der Waals surface area contributed by atoms with E-state index in [1.165, 1.54) is 0 Å². The zero-order valence-electron chi connectivity index (χ0n) is 9.58. The Morgan fingerprint density at radius 1 is 1.35 bits per heavy atom. The summed E-state index contributed by atoms with van der Waals surface area (Å²) in [6.07, 6.45) is 5.58. The number of aryl methyl sites for hydroxylation is 1. The van der Waals surface area contributed by atoms with E-state index in [9.17, 15) is 0 Å². The first-order valence-electron chi connectivity index (χ1n) is 5.92. The zero-order chi connectivity index (χ0) is 11.5. The summed E-state index contributed by atoms with van der Waals surface area (Å²) >= 11 is 0. The maximum Gasteiger partial charge on any atom is 0.138 e. The van der Waals surface area contributed by atoms with Crippen LogP contribution in [0.2, 0.25) is 0 Å². The number of pyridine rings is 1. The molecule has 3 heterocycles. The lowest BCUT2D eigenvalue weighted by Crippen LogP contribution is -2.37. The third kappa shape index (κ3) is 2.34. The molecule has 17 heavy (non-hydrogen) atoms. The fourth-order valence-corrected chi connectivity index (χ4v) is 2.16. The Balaban J connectivity index is 1.58. The van der Waals surface area contributed by atoms with Gasteiger partial charge in [0, 0.05) is 25.2 Å². The minimum Gasteiger partial charge on any atom is -0.307 e. The van der Waals surface area contributed by atoms with Gasteiger partial charge in [-0.1, -0.05) is 6.07 Å². The number of hydrogen-bond donors (Lipinski definition) is 1. The smallest absolute Gasteiger partial charge is 0.138 e. The van der Waals surface area contributed by atoms with Gasteiger partial charge in [0.05, 0.1) is 12.2 Å². The second kappa shape index (κ2) is 4.63. The van der Waals surface area contributed by atoms with Crippen molar-refractivity contribution in [1.29, 1.82) is 0 Å². The molecule has 3 rings (SSSR count). The van der Waals surface area contributed by atoms with E-state index in [1.807, 2.05) is 29.1 Å². The lowest BCUT2D eigenvalue weighted by molar-refractivity contribution is 0.357. The van der Waals surface area contributed by atoms with Crippen molar-refractivity contribution in [2.24, 2.45) is 0 Å². The Hall–Kier alpha value is -1.75. The summed E-state index contributed by atoms with van der Waals surface area (Å²) in [5.74, 6) is 1.10. The van der Waals surface area contributed by atoms with Crippen molar-refractivity contribution in [3.8, 4) is 0 Å². The van der Waals surface area contributed by atoms with Gasteiger partial charge >= 0.3 is 0 Å². The normalized spacial score (nSPS) is 18.9. The highest BCUT2D eigenvalue weighted by atomic mass is 15.3. The summed E-state index contributed by atoms with van der Waals surface area (Å²) in [6.45, 7) is 1.72. The van der Waals surface area contributed by atoms with E-state index in [0.717, 1.165) is 37.4 Å². The molecule has 1 N–H and O–H groups in total. The van der Waals surface area contributed by atoms with Crippen LogP contribution in [0, 0.1) is 0 Å². The molecule has 5 nitrogen and oxygen atoms in total. The van der Waals surface area contributed by atoms with E-state index in [4.69, 9.17) is 0 Å². The van der Waals surface area contributed by atoms with Gasteiger partial charge < -0.3 is 5.32 Å². The third-order valence-corrected chi connectivity index (χ3v) is 3.10. The fraction of sp³-hybridized carbons (Fsp3) is 0.417. The van der Waals surface area contributed by atoms with Crippen LogP contribution in [0.5, 0.6) is 0 Å². The number of fused-ring (bicyclic) bond motifs is 1. The molecule has 0 bridgehead atoms. The van der Waals surface area contributed by atoms with E-state index < -0.39 is 0 Å². The second-order valence-electron chi connectivity index (χ2n) is 4.30. The van der Waals surface area contributed by atoms with Gasteiger partial charge in [-0.2, -0.15) is 5.10 Å². The first-order valence-corrected chi connectivity index (χ1v) is 5.92. The van der Waals surface area contributed by atoms with Gasteiger partial charge in [-0.05, 0) is 18.6 Å². The maximum absolute atomic E-state index is 4.30. The van der Waals surface area contributed by atoms with Gasteiger partial charge in [0.25, 0.3) is 0 Å². The lowest BCUT2D eigenvalue weighted by Gasteiger charge is -2.23. The molecule has 0 unspecified atom stereocenters. The average molecular weight is 229 g/mol. The van der Waals surface area contributed by atoms with Crippen molar-refractivity contribution in [3.05, 3.63) is 42.2 Å². The Morgan fingerprint density at radius 2 is 2.35 bits per heavy atom. The third-order valence-electron chi connectivity index (χ3n) is 3.10. The number of hydrogen-bond acceptors (Lipinski definition) is 4. The Labute approximate surface area is 99.9 Å². The van der Waals surface area contributed by atoms with Crippen molar-refractivity contribution >= 4 is 0 Å². The highest BCUT2D eigenvalue weighted by Crippen LogP contribution is 2.11. The molecule has 0 spiro atoms. The number of nitrogens with zero attached hydrogens (tertiary/aromatic N) is 4. The molecule has 5 heteroatoms. The summed E-state index contributed by atoms with van der Waals surface area (Å²) in [5, 5.41) is 7.73. The minimum atomic E-state index is 0.464. The molecule has 1 atom stereocenters. The average Bonchev–Trinajstić information content (AvgIpc) is 2.85. The second-order valence-corrected chi connectivity index (χ2v) is 4.30.